The second kappa shape index (κ2) is 4.87. The zero-order chi connectivity index (χ0) is 10.7. The molecule has 0 bridgehead atoms. The standard InChI is InChI=1S/C9H7Cl3O2/c1-5(14-9(12)13)7-4-6(10)2-3-8(7)11/h2-5H,1H3/t5-/m0/s1. The molecule has 2 nitrogen and oxygen atoms in total. The Morgan fingerprint density at radius 3 is 2.64 bits per heavy atom. The minimum Gasteiger partial charge on any atom is -0.446 e. The summed E-state index contributed by atoms with van der Waals surface area (Å²) in [6, 6.07) is 4.93. The molecule has 0 fully saturated rings. The lowest BCUT2D eigenvalue weighted by atomic mass is 10.1. The van der Waals surface area contributed by atoms with Crippen LogP contribution in [0.15, 0.2) is 18.2 Å². The van der Waals surface area contributed by atoms with Crippen LogP contribution in [0.1, 0.15) is 18.6 Å². The molecule has 0 aliphatic rings. The summed E-state index contributed by atoms with van der Waals surface area (Å²) < 4.78 is 4.76. The zero-order valence-corrected chi connectivity index (χ0v) is 9.53. The average Bonchev–Trinajstić information content (AvgIpc) is 2.08. The highest BCUT2D eigenvalue weighted by atomic mass is 35.5. The molecule has 0 N–H and O–H groups in total. The highest BCUT2D eigenvalue weighted by molar-refractivity contribution is 6.61. The molecular formula is C9H7Cl3O2. The van der Waals surface area contributed by atoms with Crippen LogP contribution in [0, 0.1) is 0 Å². The van der Waals surface area contributed by atoms with Gasteiger partial charge < -0.3 is 4.74 Å². The molecule has 5 heteroatoms. The number of benzene rings is 1. The van der Waals surface area contributed by atoms with Crippen LogP contribution in [0.2, 0.25) is 10.0 Å². The average molecular weight is 254 g/mol. The fourth-order valence-electron chi connectivity index (χ4n) is 1.03. The van der Waals surface area contributed by atoms with Crippen LogP contribution in [-0.2, 0) is 4.74 Å². The van der Waals surface area contributed by atoms with E-state index in [1.54, 1.807) is 25.1 Å². The number of hydrogen-bond acceptors (Lipinski definition) is 2. The molecule has 0 saturated carbocycles. The summed E-state index contributed by atoms with van der Waals surface area (Å²) in [5, 5.41) is 1.02. The Bertz CT molecular complexity index is 352. The lowest BCUT2D eigenvalue weighted by Gasteiger charge is -2.12. The van der Waals surface area contributed by atoms with Gasteiger partial charge in [-0.3, -0.25) is 0 Å². The Kier molecular flexibility index (Phi) is 4.05. The van der Waals surface area contributed by atoms with E-state index in [4.69, 9.17) is 39.5 Å². The number of carbonyl (C=O) groups excluding carboxylic acids is 1. The summed E-state index contributed by atoms with van der Waals surface area (Å²) in [5.74, 6) is 0. The molecule has 0 aliphatic carbocycles. The maximum absolute atomic E-state index is 10.5. The third-order valence-electron chi connectivity index (χ3n) is 1.67. The highest BCUT2D eigenvalue weighted by Crippen LogP contribution is 2.28. The molecule has 1 rings (SSSR count). The predicted molar refractivity (Wildman–Crippen MR) is 57.2 cm³/mol. The van der Waals surface area contributed by atoms with E-state index in [9.17, 15) is 4.79 Å². The van der Waals surface area contributed by atoms with Crippen molar-refractivity contribution in [3.63, 3.8) is 0 Å². The van der Waals surface area contributed by atoms with E-state index in [0.29, 0.717) is 15.6 Å². The van der Waals surface area contributed by atoms with Crippen LogP contribution in [-0.4, -0.2) is 5.43 Å². The topological polar surface area (TPSA) is 26.3 Å². The van der Waals surface area contributed by atoms with Crippen molar-refractivity contribution in [3.05, 3.63) is 33.8 Å². The number of ether oxygens (including phenoxy) is 1. The second-order valence-electron chi connectivity index (χ2n) is 2.66. The van der Waals surface area contributed by atoms with Crippen LogP contribution < -0.4 is 0 Å². The van der Waals surface area contributed by atoms with Gasteiger partial charge in [0.2, 0.25) is 0 Å². The Hall–Kier alpha value is -0.440. The van der Waals surface area contributed by atoms with Crippen molar-refractivity contribution in [3.8, 4) is 0 Å². The highest BCUT2D eigenvalue weighted by Gasteiger charge is 2.13. The molecule has 1 aromatic carbocycles. The Morgan fingerprint density at radius 1 is 1.43 bits per heavy atom. The first-order chi connectivity index (χ1) is 6.50. The van der Waals surface area contributed by atoms with E-state index in [1.807, 2.05) is 0 Å². The minimum absolute atomic E-state index is 0.486. The van der Waals surface area contributed by atoms with Gasteiger partial charge in [0.15, 0.2) is 0 Å². The summed E-state index contributed by atoms with van der Waals surface area (Å²) in [6.07, 6.45) is -0.508. The largest absolute Gasteiger partial charge is 0.446 e. The Balaban J connectivity index is 2.93. The molecule has 0 heterocycles. The second-order valence-corrected chi connectivity index (χ2v) is 3.82. The molecule has 1 aromatic rings. The first kappa shape index (κ1) is 11.6. The van der Waals surface area contributed by atoms with Crippen molar-refractivity contribution in [2.45, 2.75) is 13.0 Å². The molecule has 0 spiro atoms. The van der Waals surface area contributed by atoms with E-state index in [2.05, 4.69) is 0 Å². The van der Waals surface area contributed by atoms with E-state index in [1.165, 1.54) is 0 Å². The molecule has 14 heavy (non-hydrogen) atoms. The van der Waals surface area contributed by atoms with Crippen molar-refractivity contribution in [1.82, 2.24) is 0 Å². The zero-order valence-electron chi connectivity index (χ0n) is 7.26. The van der Waals surface area contributed by atoms with Gasteiger partial charge in [0, 0.05) is 27.2 Å². The lowest BCUT2D eigenvalue weighted by molar-refractivity contribution is 0.132. The summed E-state index contributed by atoms with van der Waals surface area (Å²) in [6.45, 7) is 1.66. The Morgan fingerprint density at radius 2 is 2.07 bits per heavy atom. The van der Waals surface area contributed by atoms with Gasteiger partial charge in [-0.1, -0.05) is 23.2 Å². The van der Waals surface area contributed by atoms with Gasteiger partial charge in [-0.05, 0) is 25.1 Å². The van der Waals surface area contributed by atoms with Crippen LogP contribution in [0.5, 0.6) is 0 Å². The van der Waals surface area contributed by atoms with Gasteiger partial charge in [0.1, 0.15) is 6.10 Å². The lowest BCUT2D eigenvalue weighted by Crippen LogP contribution is -2.02. The molecule has 0 aliphatic heterocycles. The molecule has 76 valence electrons. The van der Waals surface area contributed by atoms with Crippen molar-refractivity contribution in [2.75, 3.05) is 0 Å². The van der Waals surface area contributed by atoms with Crippen molar-refractivity contribution in [1.29, 1.82) is 0 Å². The van der Waals surface area contributed by atoms with Gasteiger partial charge in [-0.2, -0.15) is 0 Å². The normalized spacial score (nSPS) is 12.3. The van der Waals surface area contributed by atoms with Gasteiger partial charge in [0.05, 0.1) is 0 Å². The fraction of sp³-hybridized carbons (Fsp3) is 0.222. The minimum atomic E-state index is -0.867. The van der Waals surface area contributed by atoms with Gasteiger partial charge in [-0.25, -0.2) is 4.79 Å². The SMILES string of the molecule is C[C@H](OC(=O)Cl)c1cc(Cl)ccc1Cl. The third kappa shape index (κ3) is 3.05. The third-order valence-corrected chi connectivity index (χ3v) is 2.33. The quantitative estimate of drug-likeness (QED) is 0.729. The molecule has 0 radical (unpaired) electrons. The monoisotopic (exact) mass is 252 g/mol. The van der Waals surface area contributed by atoms with Crippen molar-refractivity contribution >= 4 is 40.2 Å². The van der Waals surface area contributed by atoms with E-state index < -0.39 is 11.5 Å². The van der Waals surface area contributed by atoms with Crippen LogP contribution >= 0.6 is 34.8 Å². The first-order valence-electron chi connectivity index (χ1n) is 3.81. The van der Waals surface area contributed by atoms with Gasteiger partial charge in [-0.15, -0.1) is 0 Å². The summed E-state index contributed by atoms with van der Waals surface area (Å²) in [5.41, 5.74) is -0.235. The molecule has 1 atom stereocenters. The molecule has 0 unspecified atom stereocenters. The molecule has 0 saturated heterocycles. The number of carbonyl (C=O) groups is 1. The number of hydrogen-bond donors (Lipinski definition) is 0. The van der Waals surface area contributed by atoms with Crippen molar-refractivity contribution in [2.24, 2.45) is 0 Å². The number of halogens is 3. The van der Waals surface area contributed by atoms with E-state index in [-0.39, 0.29) is 0 Å². The van der Waals surface area contributed by atoms with Crippen LogP contribution in [0.25, 0.3) is 0 Å². The molecular weight excluding hydrogens is 246 g/mol. The molecule has 0 amide bonds. The molecule has 0 aromatic heterocycles. The maximum atomic E-state index is 10.5. The van der Waals surface area contributed by atoms with Gasteiger partial charge >= 0.3 is 5.43 Å². The van der Waals surface area contributed by atoms with Crippen molar-refractivity contribution < 1.29 is 9.53 Å². The van der Waals surface area contributed by atoms with E-state index >= 15 is 0 Å². The van der Waals surface area contributed by atoms with Gasteiger partial charge in [0.25, 0.3) is 0 Å². The van der Waals surface area contributed by atoms with Crippen LogP contribution in [0.3, 0.4) is 0 Å². The number of rotatable bonds is 2. The summed E-state index contributed by atoms with van der Waals surface area (Å²) in [7, 11) is 0. The predicted octanol–water partition coefficient (Wildman–Crippen LogP) is 4.43. The van der Waals surface area contributed by atoms with Crippen LogP contribution in [0.4, 0.5) is 4.79 Å². The summed E-state index contributed by atoms with van der Waals surface area (Å²) in [4.78, 5) is 10.5. The smallest absolute Gasteiger partial charge is 0.404 e. The Labute approximate surface area is 96.7 Å². The van der Waals surface area contributed by atoms with E-state index in [0.717, 1.165) is 0 Å². The maximum Gasteiger partial charge on any atom is 0.404 e. The first-order valence-corrected chi connectivity index (χ1v) is 4.95. The fourth-order valence-corrected chi connectivity index (χ4v) is 1.61. The summed E-state index contributed by atoms with van der Waals surface area (Å²) >= 11 is 16.7.